The third-order valence-electron chi connectivity index (χ3n) is 6.15. The third-order valence-corrected chi connectivity index (χ3v) is 6.15. The fourth-order valence-electron chi connectivity index (χ4n) is 4.58. The van der Waals surface area contributed by atoms with Crippen molar-refractivity contribution in [3.8, 4) is 5.75 Å². The van der Waals surface area contributed by atoms with Crippen LogP contribution in [0.5, 0.6) is 5.75 Å². The molecule has 0 bridgehead atoms. The average molecular weight is 380 g/mol. The molecule has 28 heavy (non-hydrogen) atoms. The Hall–Kier alpha value is -2.37. The lowest BCUT2D eigenvalue weighted by atomic mass is 9.80. The molecule has 2 saturated heterocycles. The molecule has 5 heteroatoms. The summed E-state index contributed by atoms with van der Waals surface area (Å²) in [7, 11) is 1.71. The molecule has 2 atom stereocenters. The van der Waals surface area contributed by atoms with E-state index in [0.717, 1.165) is 49.4 Å². The number of likely N-dealkylation sites (tertiary alicyclic amines) is 1. The molecule has 2 aromatic rings. The van der Waals surface area contributed by atoms with Crippen LogP contribution in [0.3, 0.4) is 0 Å². The Kier molecular flexibility index (Phi) is 5.64. The Labute approximate surface area is 167 Å². The summed E-state index contributed by atoms with van der Waals surface area (Å²) in [6.45, 7) is 4.58. The molecule has 148 valence electrons. The van der Waals surface area contributed by atoms with Gasteiger partial charge in [-0.05, 0) is 55.5 Å². The van der Waals surface area contributed by atoms with Crippen molar-refractivity contribution in [3.63, 3.8) is 0 Å². The van der Waals surface area contributed by atoms with Gasteiger partial charge in [0, 0.05) is 37.2 Å². The van der Waals surface area contributed by atoms with E-state index in [1.165, 1.54) is 5.56 Å². The number of hydrogen-bond acceptors (Lipinski definition) is 4. The van der Waals surface area contributed by atoms with Crippen molar-refractivity contribution in [1.82, 2.24) is 15.8 Å². The molecule has 0 aliphatic carbocycles. The van der Waals surface area contributed by atoms with Gasteiger partial charge < -0.3 is 9.64 Å². The molecule has 0 spiro atoms. The van der Waals surface area contributed by atoms with Crippen molar-refractivity contribution < 1.29 is 9.53 Å². The second-order valence-corrected chi connectivity index (χ2v) is 7.93. The lowest BCUT2D eigenvalue weighted by molar-refractivity contribution is 0.0670. The summed E-state index contributed by atoms with van der Waals surface area (Å²) in [6.07, 6.45) is 2.05. The number of nitrogens with zero attached hydrogens (tertiary/aromatic N) is 1. The minimum Gasteiger partial charge on any atom is -0.497 e. The molecular weight excluding hydrogens is 350 g/mol. The van der Waals surface area contributed by atoms with E-state index < -0.39 is 0 Å². The number of methoxy groups -OCH3 is 1. The highest BCUT2D eigenvalue weighted by Crippen LogP contribution is 2.33. The van der Waals surface area contributed by atoms with E-state index in [2.05, 4.69) is 29.1 Å². The summed E-state index contributed by atoms with van der Waals surface area (Å²) in [6, 6.07) is 16.6. The van der Waals surface area contributed by atoms with E-state index in [1.807, 2.05) is 42.2 Å². The number of piperidine rings is 1. The molecule has 0 saturated carbocycles. The smallest absolute Gasteiger partial charge is 0.253 e. The lowest BCUT2D eigenvalue weighted by Gasteiger charge is -2.36. The maximum absolute atomic E-state index is 12.8. The Morgan fingerprint density at radius 2 is 1.89 bits per heavy atom. The van der Waals surface area contributed by atoms with Gasteiger partial charge in [-0.25, -0.2) is 0 Å². The van der Waals surface area contributed by atoms with Crippen LogP contribution in [-0.4, -0.2) is 43.6 Å². The fraction of sp³-hybridized carbons (Fsp3) is 0.435. The second kappa shape index (κ2) is 8.33. The van der Waals surface area contributed by atoms with E-state index in [0.29, 0.717) is 17.9 Å². The van der Waals surface area contributed by atoms with Gasteiger partial charge in [-0.15, -0.1) is 0 Å². The largest absolute Gasteiger partial charge is 0.497 e. The third kappa shape index (κ3) is 3.91. The minimum atomic E-state index is 0.156. The zero-order valence-electron chi connectivity index (χ0n) is 16.7. The molecule has 5 nitrogen and oxygen atoms in total. The Morgan fingerprint density at radius 3 is 2.64 bits per heavy atom. The van der Waals surface area contributed by atoms with Crippen LogP contribution in [0.4, 0.5) is 0 Å². The van der Waals surface area contributed by atoms with Crippen molar-refractivity contribution in [2.24, 2.45) is 5.92 Å². The SMILES string of the molecule is COc1cccc(C2CNNC2C2CCN(C(=O)c3cccc(C)c3)CC2)c1. The summed E-state index contributed by atoms with van der Waals surface area (Å²) in [5.41, 5.74) is 10.1. The van der Waals surface area contributed by atoms with Crippen LogP contribution in [0, 0.1) is 12.8 Å². The van der Waals surface area contributed by atoms with Gasteiger partial charge in [0.1, 0.15) is 5.75 Å². The summed E-state index contributed by atoms with van der Waals surface area (Å²) >= 11 is 0. The molecule has 1 amide bonds. The van der Waals surface area contributed by atoms with E-state index in [9.17, 15) is 4.79 Å². The number of hydrazine groups is 1. The quantitative estimate of drug-likeness (QED) is 0.857. The van der Waals surface area contributed by atoms with Gasteiger partial charge in [0.25, 0.3) is 5.91 Å². The number of aryl methyl sites for hydroxylation is 1. The summed E-state index contributed by atoms with van der Waals surface area (Å²) in [4.78, 5) is 14.8. The predicted octanol–water partition coefficient (Wildman–Crippen LogP) is 3.12. The summed E-state index contributed by atoms with van der Waals surface area (Å²) < 4.78 is 5.40. The molecule has 2 aliphatic rings. The highest BCUT2D eigenvalue weighted by atomic mass is 16.5. The van der Waals surface area contributed by atoms with Crippen LogP contribution in [-0.2, 0) is 0 Å². The van der Waals surface area contributed by atoms with E-state index >= 15 is 0 Å². The maximum Gasteiger partial charge on any atom is 0.253 e. The van der Waals surface area contributed by atoms with Crippen molar-refractivity contribution in [2.75, 3.05) is 26.7 Å². The van der Waals surface area contributed by atoms with Crippen LogP contribution < -0.4 is 15.6 Å². The van der Waals surface area contributed by atoms with Crippen LogP contribution >= 0.6 is 0 Å². The number of benzene rings is 2. The van der Waals surface area contributed by atoms with Crippen LogP contribution in [0.2, 0.25) is 0 Å². The van der Waals surface area contributed by atoms with Gasteiger partial charge in [-0.2, -0.15) is 0 Å². The number of amides is 1. The predicted molar refractivity (Wildman–Crippen MR) is 110 cm³/mol. The number of hydrogen-bond donors (Lipinski definition) is 2. The fourth-order valence-corrected chi connectivity index (χ4v) is 4.58. The molecule has 2 aliphatic heterocycles. The first-order valence-corrected chi connectivity index (χ1v) is 10.1. The Bertz CT molecular complexity index is 830. The molecule has 2 N–H and O–H groups in total. The van der Waals surface area contributed by atoms with E-state index in [1.54, 1.807) is 7.11 Å². The monoisotopic (exact) mass is 379 g/mol. The molecule has 2 aromatic carbocycles. The average Bonchev–Trinajstić information content (AvgIpc) is 3.23. The van der Waals surface area contributed by atoms with Crippen molar-refractivity contribution >= 4 is 5.91 Å². The zero-order valence-corrected chi connectivity index (χ0v) is 16.7. The van der Waals surface area contributed by atoms with Gasteiger partial charge in [0.15, 0.2) is 0 Å². The van der Waals surface area contributed by atoms with Gasteiger partial charge in [-0.3, -0.25) is 15.6 Å². The number of carbonyl (C=O) groups excluding carboxylic acids is 1. The molecular formula is C23H29N3O2. The minimum absolute atomic E-state index is 0.156. The summed E-state index contributed by atoms with van der Waals surface area (Å²) in [5.74, 6) is 2.03. The Morgan fingerprint density at radius 1 is 1.11 bits per heavy atom. The van der Waals surface area contributed by atoms with Crippen LogP contribution in [0.1, 0.15) is 40.2 Å². The van der Waals surface area contributed by atoms with E-state index in [4.69, 9.17) is 4.74 Å². The first kappa shape index (κ1) is 19.0. The highest BCUT2D eigenvalue weighted by molar-refractivity contribution is 5.94. The molecule has 2 unspecified atom stereocenters. The molecule has 0 aromatic heterocycles. The topological polar surface area (TPSA) is 53.6 Å². The number of carbonyl (C=O) groups is 1. The van der Waals surface area contributed by atoms with Gasteiger partial charge in [-0.1, -0.05) is 29.8 Å². The number of rotatable bonds is 4. The van der Waals surface area contributed by atoms with Crippen molar-refractivity contribution in [1.29, 1.82) is 0 Å². The first-order valence-electron chi connectivity index (χ1n) is 10.1. The molecule has 2 heterocycles. The standard InChI is InChI=1S/C23H29N3O2/c1-16-5-3-7-19(13-16)23(27)26-11-9-17(10-12-26)22-21(15-24-25-22)18-6-4-8-20(14-18)28-2/h3-8,13-14,17,21-22,24-25H,9-12,15H2,1-2H3. The zero-order chi connectivity index (χ0) is 19.5. The lowest BCUT2D eigenvalue weighted by Crippen LogP contribution is -2.45. The van der Waals surface area contributed by atoms with Gasteiger partial charge in [0.05, 0.1) is 7.11 Å². The second-order valence-electron chi connectivity index (χ2n) is 7.93. The number of ether oxygens (including phenoxy) is 1. The molecule has 0 radical (unpaired) electrons. The Balaban J connectivity index is 1.40. The van der Waals surface area contributed by atoms with Gasteiger partial charge in [0.2, 0.25) is 0 Å². The molecule has 4 rings (SSSR count). The number of nitrogens with one attached hydrogen (secondary N) is 2. The first-order chi connectivity index (χ1) is 13.7. The van der Waals surface area contributed by atoms with Crippen LogP contribution in [0.25, 0.3) is 0 Å². The van der Waals surface area contributed by atoms with E-state index in [-0.39, 0.29) is 5.91 Å². The normalized spacial score (nSPS) is 23.0. The van der Waals surface area contributed by atoms with Crippen LogP contribution in [0.15, 0.2) is 48.5 Å². The van der Waals surface area contributed by atoms with Crippen molar-refractivity contribution in [2.45, 2.75) is 31.7 Å². The summed E-state index contributed by atoms with van der Waals surface area (Å²) in [5, 5.41) is 0. The maximum atomic E-state index is 12.8. The van der Waals surface area contributed by atoms with Crippen molar-refractivity contribution in [3.05, 3.63) is 65.2 Å². The van der Waals surface area contributed by atoms with Gasteiger partial charge >= 0.3 is 0 Å². The molecule has 2 fully saturated rings. The highest BCUT2D eigenvalue weighted by Gasteiger charge is 2.37.